The standard InChI is InChI=1S/C20H25N7O/c1-13-9-15(14-3-4-16-17(10-14)28-20(23)24-16)11-27(19(13)22)18(21)12-26-7-5-25(2)6-8-26/h3-4,9-11,21-22H,5-8,12H2,1-2H3,(H2,23,24). The third kappa shape index (κ3) is 3.56. The first-order valence-corrected chi connectivity index (χ1v) is 9.34. The summed E-state index contributed by atoms with van der Waals surface area (Å²) < 4.78 is 7.11. The number of oxazole rings is 1. The minimum atomic E-state index is 0.147. The van der Waals surface area contributed by atoms with Crippen molar-refractivity contribution < 1.29 is 4.42 Å². The van der Waals surface area contributed by atoms with E-state index in [0.29, 0.717) is 29.0 Å². The Labute approximate surface area is 163 Å². The molecular formula is C20H25N7O. The van der Waals surface area contributed by atoms with Crippen molar-refractivity contribution in [1.29, 1.82) is 10.8 Å². The predicted octanol–water partition coefficient (Wildman–Crippen LogP) is 1.74. The number of aromatic nitrogens is 2. The van der Waals surface area contributed by atoms with Crippen LogP contribution in [0.5, 0.6) is 0 Å². The molecule has 1 fully saturated rings. The number of nitrogens with zero attached hydrogens (tertiary/aromatic N) is 4. The molecule has 4 rings (SSSR count). The maximum Gasteiger partial charge on any atom is 0.292 e. The van der Waals surface area contributed by atoms with Crippen LogP contribution in [0.1, 0.15) is 5.56 Å². The summed E-state index contributed by atoms with van der Waals surface area (Å²) in [6, 6.07) is 7.83. The third-order valence-corrected chi connectivity index (χ3v) is 5.25. The van der Waals surface area contributed by atoms with Gasteiger partial charge in [0.1, 0.15) is 16.8 Å². The number of hydrogen-bond acceptors (Lipinski definition) is 7. The van der Waals surface area contributed by atoms with Gasteiger partial charge in [0.05, 0.1) is 6.54 Å². The van der Waals surface area contributed by atoms with Gasteiger partial charge >= 0.3 is 0 Å². The summed E-state index contributed by atoms with van der Waals surface area (Å²) in [5, 5.41) is 17.0. The van der Waals surface area contributed by atoms with E-state index in [1.165, 1.54) is 0 Å². The lowest BCUT2D eigenvalue weighted by atomic mass is 10.1. The Hall–Kier alpha value is -2.97. The second-order valence-corrected chi connectivity index (χ2v) is 7.39. The molecule has 0 unspecified atom stereocenters. The summed E-state index contributed by atoms with van der Waals surface area (Å²) in [5.41, 5.74) is 10.0. The molecule has 1 aliphatic rings. The molecule has 1 aliphatic heterocycles. The summed E-state index contributed by atoms with van der Waals surface area (Å²) >= 11 is 0. The van der Waals surface area contributed by atoms with Crippen LogP contribution in [0.4, 0.5) is 6.01 Å². The highest BCUT2D eigenvalue weighted by molar-refractivity contribution is 5.85. The van der Waals surface area contributed by atoms with E-state index in [9.17, 15) is 0 Å². The zero-order chi connectivity index (χ0) is 19.8. The van der Waals surface area contributed by atoms with Gasteiger partial charge in [-0.05, 0) is 48.9 Å². The van der Waals surface area contributed by atoms with Crippen LogP contribution in [-0.4, -0.2) is 65.0 Å². The van der Waals surface area contributed by atoms with Gasteiger partial charge in [0.15, 0.2) is 5.58 Å². The highest BCUT2D eigenvalue weighted by Gasteiger charge is 2.17. The fourth-order valence-electron chi connectivity index (χ4n) is 3.52. The van der Waals surface area contributed by atoms with E-state index in [-0.39, 0.29) is 6.01 Å². The summed E-state index contributed by atoms with van der Waals surface area (Å²) in [4.78, 5) is 8.68. The summed E-state index contributed by atoms with van der Waals surface area (Å²) in [6.07, 6.45) is 1.86. The number of nitrogen functional groups attached to an aromatic ring is 1. The van der Waals surface area contributed by atoms with Crippen molar-refractivity contribution in [2.45, 2.75) is 6.92 Å². The van der Waals surface area contributed by atoms with Crippen LogP contribution in [0, 0.1) is 17.7 Å². The fraction of sp³-hybridized carbons (Fsp3) is 0.350. The SMILES string of the molecule is Cc1cc(-c2ccc3nc(N)oc3c2)cn(C(=N)CN2CCN(C)CC2)c1=N. The molecule has 1 saturated heterocycles. The van der Waals surface area contributed by atoms with Crippen molar-refractivity contribution in [3.8, 4) is 11.1 Å². The second kappa shape index (κ2) is 7.21. The van der Waals surface area contributed by atoms with Crippen LogP contribution < -0.4 is 11.2 Å². The summed E-state index contributed by atoms with van der Waals surface area (Å²) in [5.74, 6) is 0.407. The van der Waals surface area contributed by atoms with Gasteiger partial charge in [-0.3, -0.25) is 20.3 Å². The molecule has 0 spiro atoms. The number of fused-ring (bicyclic) bond motifs is 1. The van der Waals surface area contributed by atoms with Gasteiger partial charge in [-0.2, -0.15) is 4.98 Å². The van der Waals surface area contributed by atoms with E-state index < -0.39 is 0 Å². The van der Waals surface area contributed by atoms with Crippen molar-refractivity contribution in [1.82, 2.24) is 19.4 Å². The predicted molar refractivity (Wildman–Crippen MR) is 110 cm³/mol. The number of nitrogens with two attached hydrogens (primary N) is 1. The molecule has 0 atom stereocenters. The first kappa shape index (κ1) is 18.4. The molecule has 0 bridgehead atoms. The van der Waals surface area contributed by atoms with Crippen molar-refractivity contribution >= 4 is 22.9 Å². The highest BCUT2D eigenvalue weighted by Crippen LogP contribution is 2.25. The van der Waals surface area contributed by atoms with Crippen molar-refractivity contribution in [2.75, 3.05) is 45.5 Å². The lowest BCUT2D eigenvalue weighted by molar-refractivity contribution is 0.169. The first-order chi connectivity index (χ1) is 13.4. The molecule has 28 heavy (non-hydrogen) atoms. The van der Waals surface area contributed by atoms with Crippen LogP contribution in [0.25, 0.3) is 22.2 Å². The maximum absolute atomic E-state index is 8.59. The average Bonchev–Trinajstić information content (AvgIpc) is 3.04. The Balaban J connectivity index is 1.65. The number of anilines is 1. The Kier molecular flexibility index (Phi) is 4.74. The molecule has 3 heterocycles. The van der Waals surface area contributed by atoms with Gasteiger partial charge in [0, 0.05) is 32.4 Å². The minimum absolute atomic E-state index is 0.147. The topological polar surface area (TPSA) is 111 Å². The van der Waals surface area contributed by atoms with Crippen LogP contribution in [0.2, 0.25) is 0 Å². The number of pyridine rings is 1. The summed E-state index contributed by atoms with van der Waals surface area (Å²) in [6.45, 7) is 6.32. The number of rotatable bonds is 3. The van der Waals surface area contributed by atoms with E-state index in [4.69, 9.17) is 21.0 Å². The average molecular weight is 379 g/mol. The Morgan fingerprint density at radius 1 is 1.18 bits per heavy atom. The maximum atomic E-state index is 8.59. The molecule has 3 aromatic rings. The zero-order valence-electron chi connectivity index (χ0n) is 16.2. The Bertz CT molecular complexity index is 1090. The number of hydrogen-bond donors (Lipinski definition) is 3. The molecule has 2 aromatic heterocycles. The van der Waals surface area contributed by atoms with Crippen LogP contribution in [0.3, 0.4) is 0 Å². The van der Waals surface area contributed by atoms with Crippen molar-refractivity contribution in [3.05, 3.63) is 41.5 Å². The van der Waals surface area contributed by atoms with Gasteiger partial charge in [-0.25, -0.2) is 0 Å². The van der Waals surface area contributed by atoms with Crippen molar-refractivity contribution in [3.63, 3.8) is 0 Å². The molecule has 1 aromatic carbocycles. The van der Waals surface area contributed by atoms with E-state index in [0.717, 1.165) is 42.9 Å². The Morgan fingerprint density at radius 3 is 2.68 bits per heavy atom. The smallest absolute Gasteiger partial charge is 0.292 e. The number of aryl methyl sites for hydroxylation is 1. The summed E-state index contributed by atoms with van der Waals surface area (Å²) in [7, 11) is 2.12. The quantitative estimate of drug-likeness (QED) is 0.474. The van der Waals surface area contributed by atoms with Gasteiger partial charge in [0.25, 0.3) is 6.01 Å². The third-order valence-electron chi connectivity index (χ3n) is 5.25. The van der Waals surface area contributed by atoms with Gasteiger partial charge < -0.3 is 15.1 Å². The lowest BCUT2D eigenvalue weighted by Crippen LogP contribution is -2.47. The van der Waals surface area contributed by atoms with E-state index in [1.54, 1.807) is 4.57 Å². The monoisotopic (exact) mass is 379 g/mol. The number of likely N-dealkylation sites (N-methyl/N-ethyl adjacent to an activating group) is 1. The van der Waals surface area contributed by atoms with Gasteiger partial charge in [-0.15, -0.1) is 0 Å². The molecule has 146 valence electrons. The number of benzene rings is 1. The van der Waals surface area contributed by atoms with E-state index in [2.05, 4.69) is 21.8 Å². The molecule has 0 aliphatic carbocycles. The van der Waals surface area contributed by atoms with Gasteiger partial charge in [0.2, 0.25) is 0 Å². The van der Waals surface area contributed by atoms with Crippen LogP contribution >= 0.6 is 0 Å². The highest BCUT2D eigenvalue weighted by atomic mass is 16.4. The molecule has 4 N–H and O–H groups in total. The molecule has 0 radical (unpaired) electrons. The lowest BCUT2D eigenvalue weighted by Gasteiger charge is -2.32. The second-order valence-electron chi connectivity index (χ2n) is 7.39. The molecule has 0 amide bonds. The van der Waals surface area contributed by atoms with Crippen LogP contribution in [0.15, 0.2) is 34.9 Å². The van der Waals surface area contributed by atoms with Gasteiger partial charge in [-0.1, -0.05) is 6.07 Å². The normalized spacial score (nSPS) is 15.9. The van der Waals surface area contributed by atoms with E-state index >= 15 is 0 Å². The molecule has 0 saturated carbocycles. The largest absolute Gasteiger partial charge is 0.424 e. The Morgan fingerprint density at radius 2 is 1.93 bits per heavy atom. The molecular weight excluding hydrogens is 354 g/mol. The molecule has 8 nitrogen and oxygen atoms in total. The fourth-order valence-corrected chi connectivity index (χ4v) is 3.52. The van der Waals surface area contributed by atoms with E-state index in [1.807, 2.05) is 37.4 Å². The minimum Gasteiger partial charge on any atom is -0.424 e. The first-order valence-electron chi connectivity index (χ1n) is 9.34. The number of piperazine rings is 1. The zero-order valence-corrected chi connectivity index (χ0v) is 16.2. The van der Waals surface area contributed by atoms with Crippen LogP contribution in [-0.2, 0) is 0 Å². The molecule has 8 heteroatoms. The van der Waals surface area contributed by atoms with Crippen molar-refractivity contribution in [2.24, 2.45) is 0 Å². The number of nitrogens with one attached hydrogen (secondary N) is 2.